The van der Waals surface area contributed by atoms with Crippen molar-refractivity contribution in [1.29, 1.82) is 0 Å². The monoisotopic (exact) mass is 281 g/mol. The van der Waals surface area contributed by atoms with Crippen LogP contribution in [0, 0.1) is 5.92 Å². The summed E-state index contributed by atoms with van der Waals surface area (Å²) in [4.78, 5) is 12.8. The van der Waals surface area contributed by atoms with Crippen LogP contribution in [0.15, 0.2) is 0 Å². The number of carbonyl (C=O) groups is 1. The molecule has 0 aromatic heterocycles. The molecule has 1 aliphatic carbocycles. The van der Waals surface area contributed by atoms with Gasteiger partial charge in [-0.1, -0.05) is 0 Å². The first kappa shape index (κ1) is 14.4. The van der Waals surface area contributed by atoms with Crippen molar-refractivity contribution in [2.24, 2.45) is 5.92 Å². The third-order valence-corrected chi connectivity index (χ3v) is 3.72. The van der Waals surface area contributed by atoms with Crippen molar-refractivity contribution in [1.82, 2.24) is 4.90 Å². The molecule has 3 atom stereocenters. The van der Waals surface area contributed by atoms with Crippen molar-refractivity contribution < 1.29 is 27.8 Å². The van der Waals surface area contributed by atoms with Crippen LogP contribution in [0.4, 0.5) is 18.0 Å². The molecule has 1 aliphatic heterocycles. The summed E-state index contributed by atoms with van der Waals surface area (Å²) in [5.74, 6) is -0.292. The zero-order valence-corrected chi connectivity index (χ0v) is 11.1. The lowest BCUT2D eigenvalue weighted by Crippen LogP contribution is -2.68. The van der Waals surface area contributed by atoms with Gasteiger partial charge in [-0.15, -0.1) is 0 Å². The van der Waals surface area contributed by atoms with Crippen molar-refractivity contribution in [3.05, 3.63) is 0 Å². The molecule has 7 heteroatoms. The molecular weight excluding hydrogens is 263 g/mol. The van der Waals surface area contributed by atoms with Gasteiger partial charge in [0.2, 0.25) is 0 Å². The molecule has 0 bridgehead atoms. The fourth-order valence-electron chi connectivity index (χ4n) is 2.85. The van der Waals surface area contributed by atoms with Crippen molar-refractivity contribution >= 4 is 6.09 Å². The average molecular weight is 281 g/mol. The number of carbonyl (C=O) groups excluding carboxylic acids is 1. The van der Waals surface area contributed by atoms with E-state index in [0.717, 1.165) is 4.90 Å². The Bertz CT molecular complexity index is 391. The minimum Gasteiger partial charge on any atom is -0.444 e. The topological polar surface area (TPSA) is 49.8 Å². The molecule has 4 nitrogen and oxygen atoms in total. The summed E-state index contributed by atoms with van der Waals surface area (Å²) in [6.07, 6.45) is -5.60. The molecule has 1 saturated heterocycles. The average Bonchev–Trinajstić information content (AvgIpc) is 2.34. The van der Waals surface area contributed by atoms with Crippen LogP contribution in [0.25, 0.3) is 0 Å². The molecule has 0 radical (unpaired) electrons. The van der Waals surface area contributed by atoms with Gasteiger partial charge in [-0.25, -0.2) is 4.79 Å². The van der Waals surface area contributed by atoms with Crippen molar-refractivity contribution in [3.8, 4) is 0 Å². The van der Waals surface area contributed by atoms with Crippen molar-refractivity contribution in [3.63, 3.8) is 0 Å². The Morgan fingerprint density at radius 3 is 2.42 bits per heavy atom. The second-order valence-electron chi connectivity index (χ2n) is 6.30. The number of hydrogen-bond donors (Lipinski definition) is 1. The number of nitrogens with zero attached hydrogens (tertiary/aromatic N) is 1. The zero-order chi connectivity index (χ0) is 14.6. The van der Waals surface area contributed by atoms with E-state index in [-0.39, 0.29) is 25.3 Å². The lowest BCUT2D eigenvalue weighted by Gasteiger charge is -2.49. The second-order valence-corrected chi connectivity index (χ2v) is 6.30. The molecule has 19 heavy (non-hydrogen) atoms. The van der Waals surface area contributed by atoms with Gasteiger partial charge in [-0.2, -0.15) is 13.2 Å². The molecule has 1 heterocycles. The first-order valence-corrected chi connectivity index (χ1v) is 6.24. The molecule has 3 unspecified atom stereocenters. The number of ether oxygens (including phenoxy) is 1. The maximum Gasteiger partial charge on any atom is 0.419 e. The maximum absolute atomic E-state index is 12.9. The van der Waals surface area contributed by atoms with Crippen LogP contribution in [0.3, 0.4) is 0 Å². The summed E-state index contributed by atoms with van der Waals surface area (Å²) in [6, 6.07) is -1.21. The van der Waals surface area contributed by atoms with Crippen LogP contribution < -0.4 is 0 Å². The third kappa shape index (κ3) is 2.28. The summed E-state index contributed by atoms with van der Waals surface area (Å²) >= 11 is 0. The second kappa shape index (κ2) is 4.01. The number of likely N-dealkylation sites (tertiary alicyclic amines) is 1. The van der Waals surface area contributed by atoms with E-state index >= 15 is 0 Å². The van der Waals surface area contributed by atoms with Crippen LogP contribution in [0.2, 0.25) is 0 Å². The molecule has 1 saturated carbocycles. The van der Waals surface area contributed by atoms with E-state index in [9.17, 15) is 23.1 Å². The van der Waals surface area contributed by atoms with Crippen LogP contribution in [-0.4, -0.2) is 46.1 Å². The molecule has 2 aliphatic rings. The maximum atomic E-state index is 12.9. The van der Waals surface area contributed by atoms with Crippen molar-refractivity contribution in [2.45, 2.75) is 57.0 Å². The molecule has 2 fully saturated rings. The smallest absolute Gasteiger partial charge is 0.419 e. The van der Waals surface area contributed by atoms with Crippen LogP contribution in [0.5, 0.6) is 0 Å². The number of fused-ring (bicyclic) bond motifs is 1. The van der Waals surface area contributed by atoms with E-state index in [1.165, 1.54) is 0 Å². The minimum absolute atomic E-state index is 0.220. The van der Waals surface area contributed by atoms with E-state index in [4.69, 9.17) is 4.74 Å². The van der Waals surface area contributed by atoms with Gasteiger partial charge in [0.05, 0.1) is 6.04 Å². The molecular formula is C12H18F3NO3. The van der Waals surface area contributed by atoms with Crippen LogP contribution in [0.1, 0.15) is 33.6 Å². The highest BCUT2D eigenvalue weighted by Crippen LogP contribution is 2.52. The lowest BCUT2D eigenvalue weighted by molar-refractivity contribution is -0.282. The summed E-state index contributed by atoms with van der Waals surface area (Å²) in [5, 5.41) is 9.86. The number of halogens is 3. The van der Waals surface area contributed by atoms with Crippen LogP contribution in [-0.2, 0) is 4.74 Å². The third-order valence-electron chi connectivity index (χ3n) is 3.72. The molecule has 1 amide bonds. The van der Waals surface area contributed by atoms with E-state index in [1.807, 2.05) is 0 Å². The predicted octanol–water partition coefficient (Wildman–Crippen LogP) is 2.31. The number of aliphatic hydroxyl groups is 1. The minimum atomic E-state index is -4.73. The number of alkyl halides is 3. The summed E-state index contributed by atoms with van der Waals surface area (Å²) < 4.78 is 43.9. The number of amides is 1. The molecule has 110 valence electrons. The van der Waals surface area contributed by atoms with Gasteiger partial charge in [-0.05, 0) is 33.6 Å². The van der Waals surface area contributed by atoms with Gasteiger partial charge < -0.3 is 14.7 Å². The van der Waals surface area contributed by atoms with Gasteiger partial charge >= 0.3 is 12.3 Å². The Balaban J connectivity index is 2.14. The fourth-order valence-corrected chi connectivity index (χ4v) is 2.85. The standard InChI is InChI=1S/C12H18F3NO3/c1-10(2,3)19-9(17)16-6-7-4-5-11(18,8(7)16)12(13,14)15/h7-8,18H,4-6H2,1-3H3. The Labute approximate surface area is 109 Å². The van der Waals surface area contributed by atoms with Crippen LogP contribution >= 0.6 is 0 Å². The molecule has 1 N–H and O–H groups in total. The van der Waals surface area contributed by atoms with Gasteiger partial charge in [0.15, 0.2) is 5.60 Å². The largest absolute Gasteiger partial charge is 0.444 e. The first-order valence-electron chi connectivity index (χ1n) is 6.24. The van der Waals surface area contributed by atoms with E-state index in [1.54, 1.807) is 20.8 Å². The van der Waals surface area contributed by atoms with E-state index in [2.05, 4.69) is 0 Å². The zero-order valence-electron chi connectivity index (χ0n) is 11.1. The van der Waals surface area contributed by atoms with Gasteiger partial charge in [0, 0.05) is 12.5 Å². The summed E-state index contributed by atoms with van der Waals surface area (Å²) in [6.45, 7) is 5.16. The Hall–Kier alpha value is -0.980. The Kier molecular flexibility index (Phi) is 3.04. The fraction of sp³-hybridized carbons (Fsp3) is 0.917. The van der Waals surface area contributed by atoms with E-state index < -0.39 is 29.5 Å². The highest BCUT2D eigenvalue weighted by Gasteiger charge is 2.69. The lowest BCUT2D eigenvalue weighted by atomic mass is 9.84. The van der Waals surface area contributed by atoms with Gasteiger partial charge in [-0.3, -0.25) is 0 Å². The normalized spacial score (nSPS) is 34.8. The van der Waals surface area contributed by atoms with Gasteiger partial charge in [0.25, 0.3) is 0 Å². The molecule has 0 spiro atoms. The molecule has 0 aromatic rings. The number of rotatable bonds is 0. The molecule has 0 aromatic carbocycles. The Morgan fingerprint density at radius 1 is 1.37 bits per heavy atom. The molecule has 2 rings (SSSR count). The summed E-state index contributed by atoms with van der Waals surface area (Å²) in [5.41, 5.74) is -3.57. The quantitative estimate of drug-likeness (QED) is 0.741. The first-order chi connectivity index (χ1) is 8.46. The van der Waals surface area contributed by atoms with E-state index in [0.29, 0.717) is 0 Å². The van der Waals surface area contributed by atoms with Gasteiger partial charge in [0.1, 0.15) is 5.60 Å². The summed E-state index contributed by atoms with van der Waals surface area (Å²) in [7, 11) is 0. The highest BCUT2D eigenvalue weighted by molar-refractivity contribution is 5.70. The van der Waals surface area contributed by atoms with Crippen molar-refractivity contribution in [2.75, 3.05) is 6.54 Å². The highest BCUT2D eigenvalue weighted by atomic mass is 19.4. The Morgan fingerprint density at radius 2 is 1.95 bits per heavy atom. The number of hydrogen-bond acceptors (Lipinski definition) is 3. The predicted molar refractivity (Wildman–Crippen MR) is 60.5 cm³/mol. The SMILES string of the molecule is CC(C)(C)OC(=O)N1CC2CCC(O)(C(F)(F)F)C21.